The van der Waals surface area contributed by atoms with Crippen LogP contribution in [0.2, 0.25) is 0 Å². The average Bonchev–Trinajstić information content (AvgIpc) is 2.82. The fourth-order valence-corrected chi connectivity index (χ4v) is 3.82. The first-order valence-corrected chi connectivity index (χ1v) is 8.07. The van der Waals surface area contributed by atoms with Gasteiger partial charge in [0, 0.05) is 19.6 Å². The maximum Gasteiger partial charge on any atom is 0.241 e. The number of nitrogens with zero attached hydrogens (tertiary/aromatic N) is 1. The molecule has 5 nitrogen and oxygen atoms in total. The molecule has 3 N–H and O–H groups in total. The number of nitrogens with two attached hydrogens (primary N) is 1. The van der Waals surface area contributed by atoms with Crippen LogP contribution in [-0.2, 0) is 16.6 Å². The van der Waals surface area contributed by atoms with Crippen LogP contribution in [0.1, 0.15) is 12.0 Å². The summed E-state index contributed by atoms with van der Waals surface area (Å²) in [4.78, 5) is 2.10. The van der Waals surface area contributed by atoms with Crippen LogP contribution in [-0.4, -0.2) is 40.0 Å². The van der Waals surface area contributed by atoms with E-state index < -0.39 is 15.8 Å². The summed E-state index contributed by atoms with van der Waals surface area (Å²) in [6.45, 7) is 2.27. The number of hydrogen-bond acceptors (Lipinski definition) is 4. The van der Waals surface area contributed by atoms with Crippen molar-refractivity contribution in [1.82, 2.24) is 9.62 Å². The van der Waals surface area contributed by atoms with Crippen LogP contribution in [0.5, 0.6) is 0 Å². The third-order valence-electron chi connectivity index (χ3n) is 3.59. The highest BCUT2D eigenvalue weighted by Crippen LogP contribution is 2.18. The Kier molecular flexibility index (Phi) is 4.74. The van der Waals surface area contributed by atoms with Crippen LogP contribution in [0.4, 0.5) is 4.39 Å². The number of hydrogen-bond donors (Lipinski definition) is 2. The van der Waals surface area contributed by atoms with Gasteiger partial charge in [-0.2, -0.15) is 0 Å². The van der Waals surface area contributed by atoms with Gasteiger partial charge in [0.15, 0.2) is 0 Å². The van der Waals surface area contributed by atoms with Gasteiger partial charge < -0.3 is 10.6 Å². The van der Waals surface area contributed by atoms with Crippen molar-refractivity contribution in [2.75, 3.05) is 26.7 Å². The molecule has 1 fully saturated rings. The second kappa shape index (κ2) is 6.17. The summed E-state index contributed by atoms with van der Waals surface area (Å²) >= 11 is 0. The van der Waals surface area contributed by atoms with Crippen LogP contribution in [0, 0.1) is 11.7 Å². The smallest absolute Gasteiger partial charge is 0.241 e. The summed E-state index contributed by atoms with van der Waals surface area (Å²) in [7, 11) is -1.71. The highest BCUT2D eigenvalue weighted by molar-refractivity contribution is 7.89. The van der Waals surface area contributed by atoms with E-state index in [9.17, 15) is 12.8 Å². The topological polar surface area (TPSA) is 75.4 Å². The summed E-state index contributed by atoms with van der Waals surface area (Å²) in [6.07, 6.45) is 0.964. The van der Waals surface area contributed by atoms with E-state index in [2.05, 4.69) is 9.62 Å². The molecule has 1 aliphatic heterocycles. The SMILES string of the molecule is CN1CCC(CNS(=O)(=O)c2cc(F)ccc2CN)C1. The van der Waals surface area contributed by atoms with E-state index >= 15 is 0 Å². The fraction of sp³-hybridized carbons (Fsp3) is 0.538. The van der Waals surface area contributed by atoms with Gasteiger partial charge in [0.1, 0.15) is 5.82 Å². The van der Waals surface area contributed by atoms with Crippen LogP contribution in [0.3, 0.4) is 0 Å². The van der Waals surface area contributed by atoms with Crippen molar-refractivity contribution < 1.29 is 12.8 Å². The third kappa shape index (κ3) is 3.54. The number of nitrogens with one attached hydrogen (secondary N) is 1. The van der Waals surface area contributed by atoms with E-state index in [1.807, 2.05) is 7.05 Å². The second-order valence-electron chi connectivity index (χ2n) is 5.23. The Hall–Kier alpha value is -1.02. The van der Waals surface area contributed by atoms with Crippen LogP contribution in [0.25, 0.3) is 0 Å². The molecular weight excluding hydrogens is 281 g/mol. The van der Waals surface area contributed by atoms with Crippen molar-refractivity contribution in [2.45, 2.75) is 17.9 Å². The first-order valence-electron chi connectivity index (χ1n) is 6.59. The van der Waals surface area contributed by atoms with E-state index in [-0.39, 0.29) is 11.4 Å². The molecule has 112 valence electrons. The number of likely N-dealkylation sites (tertiary alicyclic amines) is 1. The predicted octanol–water partition coefficient (Wildman–Crippen LogP) is 0.514. The van der Waals surface area contributed by atoms with Gasteiger partial charge in [-0.1, -0.05) is 6.07 Å². The molecule has 1 aromatic carbocycles. The zero-order chi connectivity index (χ0) is 14.8. The Morgan fingerprint density at radius 1 is 1.50 bits per heavy atom. The Labute approximate surface area is 119 Å². The number of benzene rings is 1. The van der Waals surface area contributed by atoms with Crippen LogP contribution < -0.4 is 10.5 Å². The molecule has 1 saturated heterocycles. The Balaban J connectivity index is 2.12. The lowest BCUT2D eigenvalue weighted by molar-refractivity contribution is 0.394. The van der Waals surface area contributed by atoms with Gasteiger partial charge in [0.25, 0.3) is 0 Å². The molecule has 0 aromatic heterocycles. The number of halogens is 1. The van der Waals surface area contributed by atoms with Gasteiger partial charge in [-0.25, -0.2) is 17.5 Å². The second-order valence-corrected chi connectivity index (χ2v) is 6.96. The minimum atomic E-state index is -3.72. The summed E-state index contributed by atoms with van der Waals surface area (Å²) in [6, 6.07) is 3.64. The molecule has 0 amide bonds. The molecule has 2 rings (SSSR count). The fourth-order valence-electron chi connectivity index (χ4n) is 2.45. The molecule has 0 saturated carbocycles. The molecule has 0 spiro atoms. The highest BCUT2D eigenvalue weighted by Gasteiger charge is 2.24. The summed E-state index contributed by atoms with van der Waals surface area (Å²) in [5.41, 5.74) is 5.93. The van der Waals surface area contributed by atoms with Crippen LogP contribution >= 0.6 is 0 Å². The van der Waals surface area contributed by atoms with Crippen molar-refractivity contribution in [3.05, 3.63) is 29.6 Å². The van der Waals surface area contributed by atoms with Crippen molar-refractivity contribution in [2.24, 2.45) is 11.7 Å². The van der Waals surface area contributed by atoms with Gasteiger partial charge in [0.05, 0.1) is 4.90 Å². The molecule has 7 heteroatoms. The molecule has 0 radical (unpaired) electrons. The summed E-state index contributed by atoms with van der Waals surface area (Å²) in [5.74, 6) is -0.284. The van der Waals surface area contributed by atoms with Crippen molar-refractivity contribution in [3.8, 4) is 0 Å². The Bertz CT molecular complexity index is 577. The quantitative estimate of drug-likeness (QED) is 0.831. The zero-order valence-corrected chi connectivity index (χ0v) is 12.3. The Morgan fingerprint density at radius 3 is 2.85 bits per heavy atom. The molecular formula is C13H20FN3O2S. The van der Waals surface area contributed by atoms with Crippen molar-refractivity contribution in [3.63, 3.8) is 0 Å². The molecule has 20 heavy (non-hydrogen) atoms. The third-order valence-corrected chi connectivity index (χ3v) is 5.10. The van der Waals surface area contributed by atoms with Crippen molar-refractivity contribution in [1.29, 1.82) is 0 Å². The van der Waals surface area contributed by atoms with Gasteiger partial charge >= 0.3 is 0 Å². The van der Waals surface area contributed by atoms with Gasteiger partial charge in [0.2, 0.25) is 10.0 Å². The van der Waals surface area contributed by atoms with E-state index in [1.165, 1.54) is 12.1 Å². The number of rotatable bonds is 5. The minimum absolute atomic E-state index is 0.0582. The largest absolute Gasteiger partial charge is 0.326 e. The minimum Gasteiger partial charge on any atom is -0.326 e. The summed E-state index contributed by atoms with van der Waals surface area (Å²) < 4.78 is 40.3. The van der Waals surface area contributed by atoms with Crippen LogP contribution in [0.15, 0.2) is 23.1 Å². The monoisotopic (exact) mass is 301 g/mol. The molecule has 1 atom stereocenters. The molecule has 1 aliphatic rings. The lowest BCUT2D eigenvalue weighted by atomic mass is 10.1. The lowest BCUT2D eigenvalue weighted by Gasteiger charge is -2.14. The van der Waals surface area contributed by atoms with E-state index in [4.69, 9.17) is 5.73 Å². The van der Waals surface area contributed by atoms with E-state index in [0.29, 0.717) is 18.0 Å². The zero-order valence-electron chi connectivity index (χ0n) is 11.5. The van der Waals surface area contributed by atoms with Crippen molar-refractivity contribution >= 4 is 10.0 Å². The summed E-state index contributed by atoms with van der Waals surface area (Å²) in [5, 5.41) is 0. The normalized spacial score (nSPS) is 20.4. The van der Waals surface area contributed by atoms with Gasteiger partial charge in [-0.15, -0.1) is 0 Å². The molecule has 0 bridgehead atoms. The number of sulfonamides is 1. The average molecular weight is 301 g/mol. The molecule has 1 heterocycles. The van der Waals surface area contributed by atoms with E-state index in [1.54, 1.807) is 0 Å². The molecule has 0 aliphatic carbocycles. The first kappa shape index (κ1) is 15.4. The molecule has 1 aromatic rings. The molecule has 1 unspecified atom stereocenters. The Morgan fingerprint density at radius 2 is 2.25 bits per heavy atom. The van der Waals surface area contributed by atoms with E-state index in [0.717, 1.165) is 25.6 Å². The highest BCUT2D eigenvalue weighted by atomic mass is 32.2. The predicted molar refractivity (Wildman–Crippen MR) is 75.1 cm³/mol. The standard InChI is InChI=1S/C13H20FN3O2S/c1-17-5-4-10(9-17)8-16-20(18,19)13-6-12(14)3-2-11(13)7-15/h2-3,6,10,16H,4-5,7-9,15H2,1H3. The first-order chi connectivity index (χ1) is 9.42. The van der Waals surface area contributed by atoms with Gasteiger partial charge in [-0.3, -0.25) is 0 Å². The maximum absolute atomic E-state index is 13.3. The van der Waals surface area contributed by atoms with Gasteiger partial charge in [-0.05, 0) is 43.6 Å². The lowest BCUT2D eigenvalue weighted by Crippen LogP contribution is -2.31. The maximum atomic E-state index is 13.3.